The summed E-state index contributed by atoms with van der Waals surface area (Å²) in [7, 11) is -2.78. The van der Waals surface area contributed by atoms with Crippen LogP contribution in [0.25, 0.3) is 61.5 Å². The predicted molar refractivity (Wildman–Crippen MR) is 248 cm³/mol. The molecule has 1 unspecified atom stereocenters. The zero-order valence-corrected chi connectivity index (χ0v) is 33.2. The molecule has 12 rings (SSSR count). The third-order valence-electron chi connectivity index (χ3n) is 12.4. The van der Waals surface area contributed by atoms with E-state index in [1.54, 1.807) is 0 Å². The average molecular weight is 768 g/mol. The molecule has 0 saturated carbocycles. The molecule has 3 nitrogen and oxygen atoms in total. The molecule has 1 aromatic heterocycles. The van der Waals surface area contributed by atoms with Crippen molar-refractivity contribution in [2.45, 2.75) is 0 Å². The number of benzene rings is 9. The van der Waals surface area contributed by atoms with Crippen LogP contribution in [0.2, 0.25) is 0 Å². The fourth-order valence-electron chi connectivity index (χ4n) is 9.92. The number of aromatic nitrogens is 2. The topological polar surface area (TPSA) is 21.1 Å². The SMILES string of the molecule is c1ccc(N(c2ccccc2)c2ccc(-c3ccc4c(c3)[Si]3(c5ccccc5-4)c4ccccc4-c4ccc(-c5nc6ccccc6n5-c5ccccc5)cc43)cc2)cc1. The summed E-state index contributed by atoms with van der Waals surface area (Å²) < 4.78 is 2.32. The van der Waals surface area contributed by atoms with E-state index in [4.69, 9.17) is 4.98 Å². The first-order chi connectivity index (χ1) is 29.3. The standard InChI is InChI=1S/C55H37N3Si/c1-4-16-41(17-5-1)57(42-18-6-2-7-19-42)44-32-28-38(29-33-44)39-30-34-47-45-22-10-14-26-51(45)59(53(47)36-39)52-27-15-11-23-46(52)48-35-31-40(37-54(48)59)55-56-49-24-12-13-25-50(49)58(55)43-20-8-3-9-21-43/h1-37H. The van der Waals surface area contributed by atoms with Crippen LogP contribution in [0, 0.1) is 0 Å². The summed E-state index contributed by atoms with van der Waals surface area (Å²) in [6, 6.07) is 82.2. The second-order valence-electron chi connectivity index (χ2n) is 15.5. The Morgan fingerprint density at radius 1 is 0.356 bits per heavy atom. The molecule has 2 aliphatic rings. The van der Waals surface area contributed by atoms with Crippen molar-refractivity contribution in [2.24, 2.45) is 0 Å². The van der Waals surface area contributed by atoms with Crippen LogP contribution < -0.4 is 25.6 Å². The van der Waals surface area contributed by atoms with Crippen LogP contribution in [-0.4, -0.2) is 17.6 Å². The third kappa shape index (κ3) is 5.03. The molecule has 1 atom stereocenters. The number of nitrogens with zero attached hydrogens (tertiary/aromatic N) is 3. The summed E-state index contributed by atoms with van der Waals surface area (Å²) in [5.74, 6) is 0.959. The molecule has 0 saturated heterocycles. The highest BCUT2D eigenvalue weighted by Gasteiger charge is 2.54. The van der Waals surface area contributed by atoms with Crippen molar-refractivity contribution in [3.05, 3.63) is 224 Å². The first-order valence-electron chi connectivity index (χ1n) is 20.3. The molecular formula is C55H37N3Si. The van der Waals surface area contributed by atoms with Gasteiger partial charge in [0, 0.05) is 28.3 Å². The van der Waals surface area contributed by atoms with Crippen LogP contribution >= 0.6 is 0 Å². The van der Waals surface area contributed by atoms with Crippen molar-refractivity contribution >= 4 is 56.9 Å². The maximum Gasteiger partial charge on any atom is 0.182 e. The Morgan fingerprint density at radius 3 is 1.44 bits per heavy atom. The number of hydrogen-bond acceptors (Lipinski definition) is 2. The third-order valence-corrected chi connectivity index (χ3v) is 17.3. The Balaban J connectivity index is 1.05. The van der Waals surface area contributed by atoms with Crippen LogP contribution in [0.15, 0.2) is 224 Å². The average Bonchev–Trinajstić information content (AvgIpc) is 3.94. The minimum atomic E-state index is -2.78. The number of para-hydroxylation sites is 5. The fourth-order valence-corrected chi connectivity index (χ4v) is 15.6. The highest BCUT2D eigenvalue weighted by Crippen LogP contribution is 2.40. The van der Waals surface area contributed by atoms with E-state index < -0.39 is 8.07 Å². The number of imidazole rings is 1. The largest absolute Gasteiger partial charge is 0.311 e. The number of anilines is 3. The van der Waals surface area contributed by atoms with E-state index in [-0.39, 0.29) is 0 Å². The van der Waals surface area contributed by atoms with Crippen molar-refractivity contribution in [2.75, 3.05) is 4.90 Å². The lowest BCUT2D eigenvalue weighted by atomic mass is 10.00. The Bertz CT molecular complexity index is 3160. The minimum absolute atomic E-state index is 0.959. The smallest absolute Gasteiger partial charge is 0.182 e. The van der Waals surface area contributed by atoms with Crippen LogP contribution in [0.1, 0.15) is 0 Å². The normalized spacial score (nSPS) is 14.5. The molecule has 0 N–H and O–H groups in total. The molecule has 0 fully saturated rings. The first kappa shape index (κ1) is 33.6. The van der Waals surface area contributed by atoms with Gasteiger partial charge in [0.2, 0.25) is 0 Å². The zero-order valence-electron chi connectivity index (χ0n) is 32.2. The van der Waals surface area contributed by atoms with E-state index in [1.165, 1.54) is 54.1 Å². The van der Waals surface area contributed by atoms with E-state index in [2.05, 4.69) is 234 Å². The lowest BCUT2D eigenvalue weighted by Gasteiger charge is -2.28. The first-order valence-corrected chi connectivity index (χ1v) is 22.3. The highest BCUT2D eigenvalue weighted by atomic mass is 28.3. The number of hydrogen-bond donors (Lipinski definition) is 0. The maximum absolute atomic E-state index is 5.32. The molecule has 9 aromatic carbocycles. The van der Waals surface area contributed by atoms with Crippen molar-refractivity contribution in [3.8, 4) is 50.5 Å². The summed E-state index contributed by atoms with van der Waals surface area (Å²) in [5, 5.41) is 5.81. The Hall–Kier alpha value is -7.53. The lowest BCUT2D eigenvalue weighted by Crippen LogP contribution is -2.70. The Kier molecular flexibility index (Phi) is 7.56. The van der Waals surface area contributed by atoms with Gasteiger partial charge < -0.3 is 4.90 Å². The van der Waals surface area contributed by atoms with E-state index >= 15 is 0 Å². The van der Waals surface area contributed by atoms with Crippen LogP contribution in [0.4, 0.5) is 17.1 Å². The zero-order chi connectivity index (χ0) is 38.9. The van der Waals surface area contributed by atoms with Gasteiger partial charge in [0.15, 0.2) is 8.07 Å². The fraction of sp³-hybridized carbons (Fsp3) is 0. The molecule has 0 amide bonds. The molecular weight excluding hydrogens is 731 g/mol. The molecule has 276 valence electrons. The van der Waals surface area contributed by atoms with E-state index in [9.17, 15) is 0 Å². The summed E-state index contributed by atoms with van der Waals surface area (Å²) in [6.07, 6.45) is 0. The van der Waals surface area contributed by atoms with Crippen LogP contribution in [-0.2, 0) is 0 Å². The van der Waals surface area contributed by atoms with Gasteiger partial charge in [-0.2, -0.15) is 0 Å². The molecule has 4 heteroatoms. The maximum atomic E-state index is 5.32. The van der Waals surface area contributed by atoms with E-state index in [0.29, 0.717) is 0 Å². The van der Waals surface area contributed by atoms with Gasteiger partial charge in [-0.15, -0.1) is 0 Å². The molecule has 0 bridgehead atoms. The van der Waals surface area contributed by atoms with Crippen molar-refractivity contribution in [1.29, 1.82) is 0 Å². The van der Waals surface area contributed by atoms with Gasteiger partial charge in [0.25, 0.3) is 0 Å². The van der Waals surface area contributed by atoms with Gasteiger partial charge in [-0.05, 0) is 115 Å². The molecule has 3 heterocycles. The molecule has 59 heavy (non-hydrogen) atoms. The van der Waals surface area contributed by atoms with Gasteiger partial charge in [-0.3, -0.25) is 4.57 Å². The lowest BCUT2D eigenvalue weighted by molar-refractivity contribution is 1.10. The van der Waals surface area contributed by atoms with Gasteiger partial charge in [-0.1, -0.05) is 164 Å². The van der Waals surface area contributed by atoms with E-state index in [1.807, 2.05) is 0 Å². The summed E-state index contributed by atoms with van der Waals surface area (Å²) in [4.78, 5) is 7.64. The van der Waals surface area contributed by atoms with Crippen molar-refractivity contribution < 1.29 is 0 Å². The van der Waals surface area contributed by atoms with Gasteiger partial charge in [0.05, 0.1) is 11.0 Å². The van der Waals surface area contributed by atoms with Gasteiger partial charge in [0.1, 0.15) is 5.82 Å². The number of rotatable bonds is 6. The summed E-state index contributed by atoms with van der Waals surface area (Å²) >= 11 is 0. The number of fused-ring (bicyclic) bond motifs is 11. The summed E-state index contributed by atoms with van der Waals surface area (Å²) in [5.41, 5.74) is 15.5. The van der Waals surface area contributed by atoms with Crippen molar-refractivity contribution in [1.82, 2.24) is 9.55 Å². The molecule has 0 aliphatic carbocycles. The Labute approximate surface area is 344 Å². The second-order valence-corrected chi connectivity index (χ2v) is 19.2. The van der Waals surface area contributed by atoms with Gasteiger partial charge in [-0.25, -0.2) is 4.98 Å². The molecule has 1 spiro atoms. The highest BCUT2D eigenvalue weighted by molar-refractivity contribution is 7.24. The molecule has 2 aliphatic heterocycles. The second kappa shape index (κ2) is 13.3. The van der Waals surface area contributed by atoms with Crippen molar-refractivity contribution in [3.63, 3.8) is 0 Å². The predicted octanol–water partition coefficient (Wildman–Crippen LogP) is 11.2. The summed E-state index contributed by atoms with van der Waals surface area (Å²) in [6.45, 7) is 0. The van der Waals surface area contributed by atoms with Crippen LogP contribution in [0.5, 0.6) is 0 Å². The Morgan fingerprint density at radius 2 is 0.814 bits per heavy atom. The molecule has 10 aromatic rings. The monoisotopic (exact) mass is 767 g/mol. The quantitative estimate of drug-likeness (QED) is 0.157. The molecule has 0 radical (unpaired) electrons. The van der Waals surface area contributed by atoms with Gasteiger partial charge >= 0.3 is 0 Å². The van der Waals surface area contributed by atoms with Crippen LogP contribution in [0.3, 0.4) is 0 Å². The minimum Gasteiger partial charge on any atom is -0.311 e. The van der Waals surface area contributed by atoms with E-state index in [0.717, 1.165) is 45.2 Å².